The average Bonchev–Trinajstić information content (AvgIpc) is 2.76. The van der Waals surface area contributed by atoms with E-state index in [9.17, 15) is 13.0 Å². The Kier molecular flexibility index (Phi) is 3.58. The Balaban J connectivity index is 2.33. The lowest BCUT2D eigenvalue weighted by Gasteiger charge is -2.33. The average molecular weight is 335 g/mol. The lowest BCUT2D eigenvalue weighted by Crippen LogP contribution is -2.52. The Bertz CT molecular complexity index is 910. The normalized spacial score (nSPS) is 20.3. The molecule has 0 spiro atoms. The fraction of sp³-hybridized carbons (Fsp3) is 0.357. The molecular weight excluding hydrogens is 318 g/mol. The second-order valence-electron chi connectivity index (χ2n) is 6.11. The van der Waals surface area contributed by atoms with Gasteiger partial charge < -0.3 is 10.3 Å². The highest BCUT2D eigenvalue weighted by atomic mass is 32.2. The number of nitrogens with zero attached hydrogens (tertiary/aromatic N) is 4. The Morgan fingerprint density at radius 2 is 2.13 bits per heavy atom. The highest BCUT2D eigenvalue weighted by molar-refractivity contribution is 7.85. The molecule has 1 unspecified atom stereocenters. The van der Waals surface area contributed by atoms with Crippen LogP contribution in [0.25, 0.3) is 11.0 Å². The molecule has 0 saturated heterocycles. The van der Waals surface area contributed by atoms with Crippen molar-refractivity contribution in [2.45, 2.75) is 13.8 Å². The number of aliphatic imine (C=N–C) groups is 1. The quantitative estimate of drug-likeness (QED) is 0.665. The van der Waals surface area contributed by atoms with Gasteiger partial charge in [0.05, 0.1) is 12.1 Å². The Morgan fingerprint density at radius 3 is 2.78 bits per heavy atom. The van der Waals surface area contributed by atoms with E-state index < -0.39 is 16.0 Å². The van der Waals surface area contributed by atoms with Gasteiger partial charge in [0, 0.05) is 12.1 Å². The van der Waals surface area contributed by atoms with Gasteiger partial charge in [0.25, 0.3) is 0 Å². The fourth-order valence-corrected chi connectivity index (χ4v) is 3.95. The summed E-state index contributed by atoms with van der Waals surface area (Å²) >= 11 is 0. The summed E-state index contributed by atoms with van der Waals surface area (Å²) in [7, 11) is -4.49. The molecule has 1 atom stereocenters. The van der Waals surface area contributed by atoms with Gasteiger partial charge in [0.15, 0.2) is 34.9 Å². The number of anilines is 1. The molecule has 3 heterocycles. The third-order valence-corrected chi connectivity index (χ3v) is 4.43. The van der Waals surface area contributed by atoms with Crippen molar-refractivity contribution in [1.82, 2.24) is 14.5 Å². The zero-order valence-corrected chi connectivity index (χ0v) is 13.6. The standard InChI is InChI=1S/C14H17N5O3S/c1-9(2)6-19(8-23(20,21)22)7-17-12-13(19)11-10(18-14(12)15)4-3-5-16-11/h3-5,7,9H,6,8H2,1-2H3,(H2-,15,18,20,21,22). The molecule has 0 aliphatic carbocycles. The molecule has 2 aromatic heterocycles. The maximum absolute atomic E-state index is 11.5. The number of nitrogen functional groups attached to an aromatic ring is 1. The number of hydrogen-bond acceptors (Lipinski definition) is 7. The molecule has 0 amide bonds. The predicted molar refractivity (Wildman–Crippen MR) is 88.2 cm³/mol. The van der Waals surface area contributed by atoms with E-state index in [1.54, 1.807) is 18.3 Å². The predicted octanol–water partition coefficient (Wildman–Crippen LogP) is 1.35. The van der Waals surface area contributed by atoms with Gasteiger partial charge in [0.2, 0.25) is 0 Å². The van der Waals surface area contributed by atoms with Crippen LogP contribution in [0.5, 0.6) is 0 Å². The van der Waals surface area contributed by atoms with E-state index in [0.717, 1.165) is 0 Å². The summed E-state index contributed by atoms with van der Waals surface area (Å²) in [5.74, 6) is -0.303. The Labute approximate surface area is 134 Å². The Morgan fingerprint density at radius 1 is 1.39 bits per heavy atom. The minimum atomic E-state index is -4.49. The molecule has 0 bridgehead atoms. The summed E-state index contributed by atoms with van der Waals surface area (Å²) in [5.41, 5.74) is 7.94. The van der Waals surface area contributed by atoms with E-state index in [4.69, 9.17) is 5.73 Å². The van der Waals surface area contributed by atoms with E-state index in [1.165, 1.54) is 6.34 Å². The molecular formula is C14H17N5O3S. The first-order valence-corrected chi connectivity index (χ1v) is 8.70. The molecule has 0 fully saturated rings. The number of nitrogens with two attached hydrogens (primary N) is 1. The summed E-state index contributed by atoms with van der Waals surface area (Å²) in [6.07, 6.45) is 3.06. The highest BCUT2D eigenvalue weighted by Gasteiger charge is 2.42. The van der Waals surface area contributed by atoms with Crippen LogP contribution in [-0.2, 0) is 10.1 Å². The number of hydrogen-bond donors (Lipinski definition) is 1. The minimum absolute atomic E-state index is 0.127. The number of rotatable bonds is 4. The lowest BCUT2D eigenvalue weighted by molar-refractivity contribution is 0.386. The van der Waals surface area contributed by atoms with Crippen LogP contribution < -0.4 is 10.2 Å². The summed E-state index contributed by atoms with van der Waals surface area (Å²) < 4.78 is 34.3. The van der Waals surface area contributed by atoms with Crippen LogP contribution in [0.4, 0.5) is 17.2 Å². The van der Waals surface area contributed by atoms with Gasteiger partial charge in [-0.05, 0) is 12.1 Å². The van der Waals surface area contributed by atoms with E-state index in [-0.39, 0.29) is 16.2 Å². The van der Waals surface area contributed by atoms with Crippen LogP contribution in [0.1, 0.15) is 13.8 Å². The van der Waals surface area contributed by atoms with Crippen LogP contribution in [0.2, 0.25) is 0 Å². The molecule has 8 nitrogen and oxygen atoms in total. The monoisotopic (exact) mass is 335 g/mol. The van der Waals surface area contributed by atoms with Gasteiger partial charge in [-0.15, -0.1) is 0 Å². The van der Waals surface area contributed by atoms with Crippen molar-refractivity contribution in [3.05, 3.63) is 18.3 Å². The number of quaternary nitrogens is 1. The van der Waals surface area contributed by atoms with E-state index in [2.05, 4.69) is 15.0 Å². The highest BCUT2D eigenvalue weighted by Crippen LogP contribution is 2.46. The van der Waals surface area contributed by atoms with Gasteiger partial charge in [-0.2, -0.15) is 4.99 Å². The zero-order valence-electron chi connectivity index (χ0n) is 12.8. The molecule has 2 N–H and O–H groups in total. The lowest BCUT2D eigenvalue weighted by atomic mass is 10.1. The van der Waals surface area contributed by atoms with Crippen molar-refractivity contribution >= 4 is 44.7 Å². The van der Waals surface area contributed by atoms with Crippen molar-refractivity contribution in [2.75, 3.05) is 18.2 Å². The maximum Gasteiger partial charge on any atom is 0.197 e. The second-order valence-corrected chi connectivity index (χ2v) is 7.48. The van der Waals surface area contributed by atoms with E-state index >= 15 is 0 Å². The van der Waals surface area contributed by atoms with Gasteiger partial charge in [-0.3, -0.25) is 0 Å². The van der Waals surface area contributed by atoms with Crippen LogP contribution in [0, 0.1) is 5.92 Å². The number of fused-ring (bicyclic) bond motifs is 3. The molecule has 1 aliphatic heterocycles. The molecule has 1 aliphatic rings. The smallest absolute Gasteiger partial charge is 0.197 e. The SMILES string of the molecule is CC(C)C[N+]1(CS(=O)(=O)[O-])C=Nc2c(N)nc3cccnc3c21. The van der Waals surface area contributed by atoms with Crippen LogP contribution in [-0.4, -0.2) is 41.7 Å². The van der Waals surface area contributed by atoms with Crippen molar-refractivity contribution in [3.8, 4) is 0 Å². The molecule has 3 rings (SSSR count). The van der Waals surface area contributed by atoms with Crippen LogP contribution in [0.3, 0.4) is 0 Å². The molecule has 9 heteroatoms. The molecule has 23 heavy (non-hydrogen) atoms. The van der Waals surface area contributed by atoms with Crippen molar-refractivity contribution in [1.29, 1.82) is 0 Å². The number of pyridine rings is 2. The van der Waals surface area contributed by atoms with E-state index in [0.29, 0.717) is 29.0 Å². The summed E-state index contributed by atoms with van der Waals surface area (Å²) in [6.45, 7) is 4.29. The first-order chi connectivity index (χ1) is 10.7. The van der Waals surface area contributed by atoms with Gasteiger partial charge >= 0.3 is 0 Å². The molecule has 122 valence electrons. The summed E-state index contributed by atoms with van der Waals surface area (Å²) in [6, 6.07) is 3.46. The van der Waals surface area contributed by atoms with Crippen molar-refractivity contribution in [3.63, 3.8) is 0 Å². The molecule has 0 aromatic carbocycles. The number of aromatic nitrogens is 2. The third-order valence-electron chi connectivity index (χ3n) is 3.65. The third kappa shape index (κ3) is 2.78. The molecule has 0 radical (unpaired) electrons. The van der Waals surface area contributed by atoms with Gasteiger partial charge in [-0.1, -0.05) is 13.8 Å². The van der Waals surface area contributed by atoms with Gasteiger partial charge in [0.1, 0.15) is 10.1 Å². The van der Waals surface area contributed by atoms with Crippen molar-refractivity contribution in [2.24, 2.45) is 10.9 Å². The first-order valence-electron chi connectivity index (χ1n) is 7.12. The maximum atomic E-state index is 11.5. The topological polar surface area (TPSA) is 121 Å². The second kappa shape index (κ2) is 5.22. The first kappa shape index (κ1) is 15.8. The Hall–Kier alpha value is -2.10. The van der Waals surface area contributed by atoms with Gasteiger partial charge in [-0.25, -0.2) is 22.9 Å². The fourth-order valence-electron chi connectivity index (χ4n) is 3.08. The van der Waals surface area contributed by atoms with Crippen LogP contribution >= 0.6 is 0 Å². The molecule has 2 aromatic rings. The summed E-state index contributed by atoms with van der Waals surface area (Å²) in [4.78, 5) is 12.8. The minimum Gasteiger partial charge on any atom is -0.744 e. The summed E-state index contributed by atoms with van der Waals surface area (Å²) in [5, 5.41) is 0. The van der Waals surface area contributed by atoms with E-state index in [1.807, 2.05) is 13.8 Å². The molecule has 0 saturated carbocycles. The zero-order chi connectivity index (χ0) is 16.8. The van der Waals surface area contributed by atoms with Crippen molar-refractivity contribution < 1.29 is 13.0 Å². The van der Waals surface area contributed by atoms with Crippen LogP contribution in [0.15, 0.2) is 23.3 Å². The largest absolute Gasteiger partial charge is 0.744 e.